The van der Waals surface area contributed by atoms with Crippen molar-refractivity contribution in [3.8, 4) is 22.7 Å². The van der Waals surface area contributed by atoms with Crippen molar-refractivity contribution in [3.63, 3.8) is 0 Å². The molecule has 0 atom stereocenters. The summed E-state index contributed by atoms with van der Waals surface area (Å²) in [5.41, 5.74) is 3.58. The summed E-state index contributed by atoms with van der Waals surface area (Å²) >= 11 is 0. The number of amides is 1. The van der Waals surface area contributed by atoms with Gasteiger partial charge in [0, 0.05) is 35.3 Å². The van der Waals surface area contributed by atoms with Gasteiger partial charge in [0.25, 0.3) is 0 Å². The summed E-state index contributed by atoms with van der Waals surface area (Å²) in [5.74, 6) is 0.316. The van der Waals surface area contributed by atoms with Crippen molar-refractivity contribution in [1.82, 2.24) is 9.78 Å². The van der Waals surface area contributed by atoms with Gasteiger partial charge in [-0.05, 0) is 54.6 Å². The first-order chi connectivity index (χ1) is 16.3. The van der Waals surface area contributed by atoms with Crippen LogP contribution in [0.3, 0.4) is 0 Å². The smallest absolute Gasteiger partial charge is 0.248 e. The summed E-state index contributed by atoms with van der Waals surface area (Å²) in [6.45, 7) is 0. The van der Waals surface area contributed by atoms with Crippen LogP contribution >= 0.6 is 0 Å². The average molecular weight is 474 g/mol. The van der Waals surface area contributed by atoms with E-state index in [1.54, 1.807) is 30.0 Å². The van der Waals surface area contributed by atoms with Crippen LogP contribution in [-0.4, -0.2) is 37.5 Å². The van der Waals surface area contributed by atoms with E-state index < -0.39 is 9.84 Å². The number of carbonyl (C=O) groups excluding carboxylic acids is 1. The Bertz CT molecular complexity index is 1440. The Balaban J connectivity index is 1.63. The first-order valence-electron chi connectivity index (χ1n) is 10.4. The topological polar surface area (TPSA) is 90.3 Å². The first kappa shape index (κ1) is 23.0. The largest absolute Gasteiger partial charge is 0.496 e. The number of rotatable bonds is 7. The molecular formula is C26H23N3O4S. The van der Waals surface area contributed by atoms with Crippen LogP contribution in [0.2, 0.25) is 0 Å². The van der Waals surface area contributed by atoms with E-state index in [2.05, 4.69) is 5.32 Å². The molecule has 4 rings (SSSR count). The van der Waals surface area contributed by atoms with Crippen molar-refractivity contribution in [2.75, 3.05) is 18.7 Å². The molecule has 1 N–H and O–H groups in total. The monoisotopic (exact) mass is 473 g/mol. The SMILES string of the molecule is COc1ccccc1-c1nn(-c2ccccc2)cc1/C=C/C(=O)Nc1ccc(S(C)(=O)=O)cc1. The number of aromatic nitrogens is 2. The summed E-state index contributed by atoms with van der Waals surface area (Å²) in [6, 6.07) is 23.3. The molecule has 172 valence electrons. The lowest BCUT2D eigenvalue weighted by Gasteiger charge is -2.07. The zero-order chi connectivity index (χ0) is 24.1. The second-order valence-electron chi connectivity index (χ2n) is 7.53. The van der Waals surface area contributed by atoms with Gasteiger partial charge in [0.05, 0.1) is 17.7 Å². The molecule has 0 saturated heterocycles. The highest BCUT2D eigenvalue weighted by molar-refractivity contribution is 7.90. The molecule has 1 heterocycles. The summed E-state index contributed by atoms with van der Waals surface area (Å²) in [7, 11) is -1.70. The highest BCUT2D eigenvalue weighted by Crippen LogP contribution is 2.32. The van der Waals surface area contributed by atoms with Gasteiger partial charge in [-0.1, -0.05) is 30.3 Å². The fourth-order valence-electron chi connectivity index (χ4n) is 3.41. The van der Waals surface area contributed by atoms with E-state index in [0.717, 1.165) is 23.1 Å². The number of anilines is 1. The Morgan fingerprint density at radius 2 is 1.65 bits per heavy atom. The number of methoxy groups -OCH3 is 1. The molecule has 0 spiro atoms. The molecule has 3 aromatic carbocycles. The first-order valence-corrected chi connectivity index (χ1v) is 12.3. The Kier molecular flexibility index (Phi) is 6.60. The second-order valence-corrected chi connectivity index (χ2v) is 9.55. The third-order valence-corrected chi connectivity index (χ3v) is 6.22. The molecule has 8 heteroatoms. The highest BCUT2D eigenvalue weighted by Gasteiger charge is 2.15. The van der Waals surface area contributed by atoms with Gasteiger partial charge in [-0.15, -0.1) is 0 Å². The van der Waals surface area contributed by atoms with Crippen molar-refractivity contribution in [2.45, 2.75) is 4.90 Å². The third kappa shape index (κ3) is 5.24. The zero-order valence-electron chi connectivity index (χ0n) is 18.7. The summed E-state index contributed by atoms with van der Waals surface area (Å²) in [4.78, 5) is 12.7. The highest BCUT2D eigenvalue weighted by atomic mass is 32.2. The Hall–Kier alpha value is -4.17. The van der Waals surface area contributed by atoms with Gasteiger partial charge in [0.2, 0.25) is 5.91 Å². The van der Waals surface area contributed by atoms with Crippen LogP contribution < -0.4 is 10.1 Å². The molecule has 0 aliphatic carbocycles. The van der Waals surface area contributed by atoms with E-state index in [0.29, 0.717) is 17.1 Å². The number of carbonyl (C=O) groups is 1. The minimum atomic E-state index is -3.30. The maximum atomic E-state index is 12.5. The lowest BCUT2D eigenvalue weighted by molar-refractivity contribution is -0.111. The number of hydrogen-bond donors (Lipinski definition) is 1. The normalized spacial score (nSPS) is 11.5. The molecule has 0 unspecified atom stereocenters. The van der Waals surface area contributed by atoms with Crippen molar-refractivity contribution in [2.24, 2.45) is 0 Å². The lowest BCUT2D eigenvalue weighted by Crippen LogP contribution is -2.08. The molecule has 4 aromatic rings. The van der Waals surface area contributed by atoms with Gasteiger partial charge < -0.3 is 10.1 Å². The average Bonchev–Trinajstić information content (AvgIpc) is 3.27. The molecule has 1 amide bonds. The van der Waals surface area contributed by atoms with Gasteiger partial charge in [-0.3, -0.25) is 4.79 Å². The lowest BCUT2D eigenvalue weighted by atomic mass is 10.1. The molecular weight excluding hydrogens is 450 g/mol. The van der Waals surface area contributed by atoms with E-state index in [1.807, 2.05) is 60.8 Å². The molecule has 34 heavy (non-hydrogen) atoms. The molecule has 0 aliphatic rings. The summed E-state index contributed by atoms with van der Waals surface area (Å²) in [5, 5.41) is 7.49. The van der Waals surface area contributed by atoms with Crippen LogP contribution in [-0.2, 0) is 14.6 Å². The van der Waals surface area contributed by atoms with Crippen LogP contribution in [0.5, 0.6) is 5.75 Å². The summed E-state index contributed by atoms with van der Waals surface area (Å²) in [6.07, 6.45) is 6.09. The van der Waals surface area contributed by atoms with Crippen LogP contribution in [0, 0.1) is 0 Å². The second kappa shape index (κ2) is 9.76. The van der Waals surface area contributed by atoms with Crippen LogP contribution in [0.25, 0.3) is 23.0 Å². The molecule has 0 aliphatic heterocycles. The number of sulfone groups is 1. The van der Waals surface area contributed by atoms with Crippen molar-refractivity contribution in [3.05, 3.63) is 96.7 Å². The van der Waals surface area contributed by atoms with E-state index >= 15 is 0 Å². The Morgan fingerprint density at radius 1 is 0.971 bits per heavy atom. The maximum Gasteiger partial charge on any atom is 0.248 e. The number of nitrogens with one attached hydrogen (secondary N) is 1. The van der Waals surface area contributed by atoms with Crippen molar-refractivity contribution < 1.29 is 17.9 Å². The predicted octanol–water partition coefficient (Wildman–Crippen LogP) is 4.60. The van der Waals surface area contributed by atoms with Gasteiger partial charge >= 0.3 is 0 Å². The molecule has 0 fully saturated rings. The minimum absolute atomic E-state index is 0.191. The maximum absolute atomic E-state index is 12.5. The molecule has 0 radical (unpaired) electrons. The van der Waals surface area contributed by atoms with Crippen LogP contribution in [0.1, 0.15) is 5.56 Å². The molecule has 1 aromatic heterocycles. The van der Waals surface area contributed by atoms with E-state index in [-0.39, 0.29) is 10.8 Å². The standard InChI is InChI=1S/C26H23N3O4S/c1-33-24-11-7-6-10-23(24)26-19(18-29(28-26)21-8-4-3-5-9-21)12-17-25(30)27-20-13-15-22(16-14-20)34(2,31)32/h3-18H,1-2H3,(H,27,30)/b17-12+. The van der Waals surface area contributed by atoms with Gasteiger partial charge in [0.1, 0.15) is 11.4 Å². The number of para-hydroxylation sites is 2. The molecule has 7 nitrogen and oxygen atoms in total. The Morgan fingerprint density at radius 3 is 2.32 bits per heavy atom. The zero-order valence-corrected chi connectivity index (χ0v) is 19.5. The Labute approximate surface area is 198 Å². The van der Waals surface area contributed by atoms with E-state index in [4.69, 9.17) is 9.84 Å². The fourth-order valence-corrected chi connectivity index (χ4v) is 4.04. The summed E-state index contributed by atoms with van der Waals surface area (Å²) < 4.78 is 30.5. The third-order valence-electron chi connectivity index (χ3n) is 5.09. The number of hydrogen-bond acceptors (Lipinski definition) is 5. The van der Waals surface area contributed by atoms with Gasteiger partial charge in [0.15, 0.2) is 9.84 Å². The van der Waals surface area contributed by atoms with Gasteiger partial charge in [-0.2, -0.15) is 5.10 Å². The molecule has 0 saturated carbocycles. The number of ether oxygens (including phenoxy) is 1. The quantitative estimate of drug-likeness (QED) is 0.396. The van der Waals surface area contributed by atoms with Crippen LogP contribution in [0.4, 0.5) is 5.69 Å². The van der Waals surface area contributed by atoms with Crippen LogP contribution in [0.15, 0.2) is 96.0 Å². The number of nitrogens with zero attached hydrogens (tertiary/aromatic N) is 2. The van der Waals surface area contributed by atoms with E-state index in [1.165, 1.54) is 18.2 Å². The fraction of sp³-hybridized carbons (Fsp3) is 0.0769. The van der Waals surface area contributed by atoms with Gasteiger partial charge in [-0.25, -0.2) is 13.1 Å². The number of benzene rings is 3. The molecule has 0 bridgehead atoms. The predicted molar refractivity (Wildman–Crippen MR) is 133 cm³/mol. The minimum Gasteiger partial charge on any atom is -0.496 e. The van der Waals surface area contributed by atoms with E-state index in [9.17, 15) is 13.2 Å². The van der Waals surface area contributed by atoms with Crippen molar-refractivity contribution >= 4 is 27.5 Å². The van der Waals surface area contributed by atoms with Crippen molar-refractivity contribution in [1.29, 1.82) is 0 Å².